The van der Waals surface area contributed by atoms with E-state index in [1.54, 1.807) is 23.0 Å². The molecule has 17 heavy (non-hydrogen) atoms. The number of aliphatic hydroxyl groups is 1. The van der Waals surface area contributed by atoms with Gasteiger partial charge in [0.2, 0.25) is 0 Å². The normalized spacial score (nSPS) is 10.2. The molecule has 2 aromatic rings. The van der Waals surface area contributed by atoms with E-state index in [1.165, 1.54) is 12.1 Å². The SMILES string of the molecule is N#Cc1cc(F)cc(Cn2ccnc2CO)c1. The molecule has 0 aliphatic rings. The highest BCUT2D eigenvalue weighted by molar-refractivity contribution is 5.33. The molecule has 0 spiro atoms. The third-order valence-electron chi connectivity index (χ3n) is 2.38. The van der Waals surface area contributed by atoms with Crippen molar-refractivity contribution in [1.82, 2.24) is 9.55 Å². The minimum Gasteiger partial charge on any atom is -0.388 e. The predicted molar refractivity (Wildman–Crippen MR) is 58.4 cm³/mol. The van der Waals surface area contributed by atoms with Crippen molar-refractivity contribution in [2.75, 3.05) is 0 Å². The lowest BCUT2D eigenvalue weighted by atomic mass is 10.1. The number of nitrogens with zero attached hydrogens (tertiary/aromatic N) is 3. The van der Waals surface area contributed by atoms with E-state index in [1.807, 2.05) is 6.07 Å². The molecule has 0 atom stereocenters. The Morgan fingerprint density at radius 1 is 1.41 bits per heavy atom. The highest BCUT2D eigenvalue weighted by atomic mass is 19.1. The van der Waals surface area contributed by atoms with Crippen LogP contribution < -0.4 is 0 Å². The van der Waals surface area contributed by atoms with Crippen LogP contribution in [-0.2, 0) is 13.2 Å². The van der Waals surface area contributed by atoms with Gasteiger partial charge in [0.15, 0.2) is 0 Å². The third-order valence-corrected chi connectivity index (χ3v) is 2.38. The molecule has 0 saturated carbocycles. The van der Waals surface area contributed by atoms with E-state index in [-0.39, 0.29) is 12.2 Å². The highest BCUT2D eigenvalue weighted by Crippen LogP contribution is 2.11. The monoisotopic (exact) mass is 231 g/mol. The van der Waals surface area contributed by atoms with Gasteiger partial charge in [0.25, 0.3) is 0 Å². The van der Waals surface area contributed by atoms with E-state index in [0.29, 0.717) is 17.9 Å². The molecule has 1 aromatic carbocycles. The van der Waals surface area contributed by atoms with Crippen LogP contribution in [0, 0.1) is 17.1 Å². The number of aromatic nitrogens is 2. The molecule has 86 valence electrons. The fourth-order valence-corrected chi connectivity index (χ4v) is 1.64. The molecule has 0 radical (unpaired) electrons. The van der Waals surface area contributed by atoms with Gasteiger partial charge < -0.3 is 9.67 Å². The molecule has 5 heteroatoms. The van der Waals surface area contributed by atoms with Crippen LogP contribution >= 0.6 is 0 Å². The zero-order valence-corrected chi connectivity index (χ0v) is 8.97. The Hall–Kier alpha value is -2.19. The van der Waals surface area contributed by atoms with Crippen molar-refractivity contribution < 1.29 is 9.50 Å². The van der Waals surface area contributed by atoms with E-state index in [2.05, 4.69) is 4.98 Å². The molecule has 1 aromatic heterocycles. The summed E-state index contributed by atoms with van der Waals surface area (Å²) in [6, 6.07) is 6.07. The second-order valence-corrected chi connectivity index (χ2v) is 3.59. The van der Waals surface area contributed by atoms with Crippen molar-refractivity contribution in [2.45, 2.75) is 13.2 Å². The molecule has 0 fully saturated rings. The van der Waals surface area contributed by atoms with Gasteiger partial charge in [-0.05, 0) is 23.8 Å². The maximum atomic E-state index is 13.2. The zero-order chi connectivity index (χ0) is 12.3. The summed E-state index contributed by atoms with van der Waals surface area (Å²) < 4.78 is 14.9. The first-order valence-electron chi connectivity index (χ1n) is 5.03. The predicted octanol–water partition coefficient (Wildman–Crippen LogP) is 1.43. The van der Waals surface area contributed by atoms with Gasteiger partial charge in [0.1, 0.15) is 18.2 Å². The van der Waals surface area contributed by atoms with Crippen LogP contribution in [0.4, 0.5) is 4.39 Å². The summed E-state index contributed by atoms with van der Waals surface area (Å²) >= 11 is 0. The Bertz CT molecular complexity index is 571. The number of imidazole rings is 1. The van der Waals surface area contributed by atoms with Crippen LogP contribution in [0.25, 0.3) is 0 Å². The average molecular weight is 231 g/mol. The number of hydrogen-bond acceptors (Lipinski definition) is 3. The summed E-state index contributed by atoms with van der Waals surface area (Å²) in [6.07, 6.45) is 3.26. The maximum Gasteiger partial charge on any atom is 0.134 e. The molecule has 0 bridgehead atoms. The number of benzene rings is 1. The zero-order valence-electron chi connectivity index (χ0n) is 8.97. The molecular formula is C12H10FN3O. The second-order valence-electron chi connectivity index (χ2n) is 3.59. The van der Waals surface area contributed by atoms with Gasteiger partial charge in [-0.15, -0.1) is 0 Å². The molecule has 2 rings (SSSR count). The Labute approximate surface area is 97.6 Å². The Balaban J connectivity index is 2.30. The first kappa shape index (κ1) is 11.3. The van der Waals surface area contributed by atoms with Crippen LogP contribution in [0.5, 0.6) is 0 Å². The van der Waals surface area contributed by atoms with Crippen LogP contribution in [0.15, 0.2) is 30.6 Å². The van der Waals surface area contributed by atoms with Crippen LogP contribution in [0.1, 0.15) is 17.0 Å². The molecule has 1 heterocycles. The largest absolute Gasteiger partial charge is 0.388 e. The highest BCUT2D eigenvalue weighted by Gasteiger charge is 2.04. The fraction of sp³-hybridized carbons (Fsp3) is 0.167. The minimum atomic E-state index is -0.440. The van der Waals surface area contributed by atoms with Crippen LogP contribution in [0.2, 0.25) is 0 Å². The maximum absolute atomic E-state index is 13.2. The second kappa shape index (κ2) is 4.76. The summed E-state index contributed by atoms with van der Waals surface area (Å²) in [7, 11) is 0. The standard InChI is InChI=1S/C12H10FN3O/c13-11-4-9(6-14)3-10(5-11)7-16-2-1-15-12(16)8-17/h1-5,17H,7-8H2. The molecule has 1 N–H and O–H groups in total. The van der Waals surface area contributed by atoms with Gasteiger partial charge in [-0.1, -0.05) is 0 Å². The number of rotatable bonds is 3. The summed E-state index contributed by atoms with van der Waals surface area (Å²) in [5.74, 6) is 0.0671. The van der Waals surface area contributed by atoms with Crippen molar-refractivity contribution >= 4 is 0 Å². The lowest BCUT2D eigenvalue weighted by molar-refractivity contribution is 0.266. The first-order valence-corrected chi connectivity index (χ1v) is 5.03. The minimum absolute atomic E-state index is 0.173. The first-order chi connectivity index (χ1) is 8.22. The lowest BCUT2D eigenvalue weighted by Crippen LogP contribution is -2.04. The fourth-order valence-electron chi connectivity index (χ4n) is 1.64. The van der Waals surface area contributed by atoms with Crippen molar-refractivity contribution in [3.05, 3.63) is 53.4 Å². The van der Waals surface area contributed by atoms with Gasteiger partial charge in [-0.25, -0.2) is 9.37 Å². The lowest BCUT2D eigenvalue weighted by Gasteiger charge is -2.06. The topological polar surface area (TPSA) is 61.8 Å². The Morgan fingerprint density at radius 3 is 2.94 bits per heavy atom. The summed E-state index contributed by atoms with van der Waals surface area (Å²) in [5, 5.41) is 17.8. The van der Waals surface area contributed by atoms with E-state index >= 15 is 0 Å². The van der Waals surface area contributed by atoms with Gasteiger partial charge in [0.05, 0.1) is 11.6 Å². The summed E-state index contributed by atoms with van der Waals surface area (Å²) in [4.78, 5) is 3.95. The van der Waals surface area contributed by atoms with Gasteiger partial charge >= 0.3 is 0 Å². The van der Waals surface area contributed by atoms with Crippen molar-refractivity contribution in [3.63, 3.8) is 0 Å². The smallest absolute Gasteiger partial charge is 0.134 e. The molecule has 4 nitrogen and oxygen atoms in total. The van der Waals surface area contributed by atoms with Crippen LogP contribution in [-0.4, -0.2) is 14.7 Å². The number of nitriles is 1. The van der Waals surface area contributed by atoms with Gasteiger partial charge in [-0.3, -0.25) is 0 Å². The molecule has 0 amide bonds. The van der Waals surface area contributed by atoms with E-state index in [4.69, 9.17) is 10.4 Å². The Morgan fingerprint density at radius 2 is 2.24 bits per heavy atom. The van der Waals surface area contributed by atoms with Gasteiger partial charge in [-0.2, -0.15) is 5.26 Å². The molecule has 0 unspecified atom stereocenters. The summed E-state index contributed by atoms with van der Waals surface area (Å²) in [5.41, 5.74) is 0.944. The third kappa shape index (κ3) is 2.49. The Kier molecular flexibility index (Phi) is 3.17. The van der Waals surface area contributed by atoms with Crippen molar-refractivity contribution in [3.8, 4) is 6.07 Å². The average Bonchev–Trinajstić information content (AvgIpc) is 2.75. The molecule has 0 aliphatic heterocycles. The molecule has 0 aliphatic carbocycles. The number of halogens is 1. The van der Waals surface area contributed by atoms with Crippen molar-refractivity contribution in [2.24, 2.45) is 0 Å². The van der Waals surface area contributed by atoms with E-state index in [0.717, 1.165) is 0 Å². The van der Waals surface area contributed by atoms with Crippen LogP contribution in [0.3, 0.4) is 0 Å². The van der Waals surface area contributed by atoms with E-state index < -0.39 is 5.82 Å². The quantitative estimate of drug-likeness (QED) is 0.869. The van der Waals surface area contributed by atoms with Gasteiger partial charge in [0, 0.05) is 18.9 Å². The number of aliphatic hydroxyl groups excluding tert-OH is 1. The molecule has 0 saturated heterocycles. The van der Waals surface area contributed by atoms with Crippen molar-refractivity contribution in [1.29, 1.82) is 5.26 Å². The molecular weight excluding hydrogens is 221 g/mol. The number of hydrogen-bond donors (Lipinski definition) is 1. The van der Waals surface area contributed by atoms with E-state index in [9.17, 15) is 4.39 Å². The summed E-state index contributed by atoms with van der Waals surface area (Å²) in [6.45, 7) is 0.204.